The van der Waals surface area contributed by atoms with Crippen molar-refractivity contribution in [2.24, 2.45) is 7.05 Å². The first-order valence-electron chi connectivity index (χ1n) is 11.4. The van der Waals surface area contributed by atoms with Crippen molar-refractivity contribution in [1.29, 1.82) is 5.26 Å². The summed E-state index contributed by atoms with van der Waals surface area (Å²) in [5, 5.41) is 11.7. The van der Waals surface area contributed by atoms with Crippen molar-refractivity contribution < 1.29 is 0 Å². The molecule has 0 amide bonds. The van der Waals surface area contributed by atoms with Gasteiger partial charge in [0, 0.05) is 23.3 Å². The van der Waals surface area contributed by atoms with Crippen molar-refractivity contribution in [2.75, 3.05) is 0 Å². The first kappa shape index (κ1) is 20.0. The van der Waals surface area contributed by atoms with E-state index in [-0.39, 0.29) is 0 Å². The van der Waals surface area contributed by atoms with Crippen LogP contribution in [0.25, 0.3) is 55.2 Å². The monoisotopic (exact) mass is 434 g/mol. The maximum absolute atomic E-state index is 9.29. The van der Waals surface area contributed by atoms with E-state index < -0.39 is 0 Å². The summed E-state index contributed by atoms with van der Waals surface area (Å²) < 4.78 is 2.17. The zero-order valence-electron chi connectivity index (χ0n) is 18.9. The lowest BCUT2D eigenvalue weighted by Crippen LogP contribution is -1.87. The molecule has 0 radical (unpaired) electrons. The van der Waals surface area contributed by atoms with Crippen molar-refractivity contribution >= 4 is 21.8 Å². The number of nitriles is 1. The Morgan fingerprint density at radius 3 is 1.82 bits per heavy atom. The molecule has 6 aromatic rings. The molecule has 2 heteroatoms. The molecule has 1 heterocycles. The van der Waals surface area contributed by atoms with Gasteiger partial charge in [0.05, 0.1) is 17.1 Å². The molecule has 160 valence electrons. The van der Waals surface area contributed by atoms with E-state index in [1.54, 1.807) is 0 Å². The van der Waals surface area contributed by atoms with Gasteiger partial charge in [0.15, 0.2) is 0 Å². The minimum absolute atomic E-state index is 0.685. The van der Waals surface area contributed by atoms with E-state index in [0.717, 1.165) is 5.52 Å². The smallest absolute Gasteiger partial charge is 0.0992 e. The van der Waals surface area contributed by atoms with Crippen LogP contribution in [0.3, 0.4) is 0 Å². The minimum Gasteiger partial charge on any atom is -0.344 e. The average molecular weight is 435 g/mol. The van der Waals surface area contributed by atoms with Gasteiger partial charge in [-0.3, -0.25) is 0 Å². The van der Waals surface area contributed by atoms with Gasteiger partial charge in [-0.2, -0.15) is 5.26 Å². The highest BCUT2D eigenvalue weighted by molar-refractivity contribution is 6.09. The Morgan fingerprint density at radius 1 is 0.500 bits per heavy atom. The molecule has 0 fully saturated rings. The predicted molar refractivity (Wildman–Crippen MR) is 141 cm³/mol. The fourth-order valence-electron chi connectivity index (χ4n) is 4.82. The van der Waals surface area contributed by atoms with Crippen LogP contribution >= 0.6 is 0 Å². The third-order valence-corrected chi connectivity index (χ3v) is 6.66. The van der Waals surface area contributed by atoms with E-state index in [1.165, 1.54) is 49.7 Å². The molecule has 6 rings (SSSR count). The second-order valence-electron chi connectivity index (χ2n) is 8.66. The third kappa shape index (κ3) is 3.36. The van der Waals surface area contributed by atoms with Crippen molar-refractivity contribution in [3.8, 4) is 39.4 Å². The fraction of sp³-hybridized carbons (Fsp3) is 0.0312. The molecule has 0 atom stereocenters. The second-order valence-corrected chi connectivity index (χ2v) is 8.66. The van der Waals surface area contributed by atoms with Crippen molar-refractivity contribution in [3.05, 3.63) is 121 Å². The highest BCUT2D eigenvalue weighted by Crippen LogP contribution is 2.34. The Bertz CT molecular complexity index is 1700. The normalized spacial score (nSPS) is 11.1. The Kier molecular flexibility index (Phi) is 4.75. The summed E-state index contributed by atoms with van der Waals surface area (Å²) in [5.41, 5.74) is 10.2. The SMILES string of the molecule is Cn1c2ccc(-c3cccc(-c4ccc(-c5ccccc5)cc4)c3)cc2c2ccc(C#N)cc21. The average Bonchev–Trinajstić information content (AvgIpc) is 3.20. The molecule has 0 aliphatic carbocycles. The molecule has 0 unspecified atom stereocenters. The molecule has 1 aromatic heterocycles. The predicted octanol–water partition coefficient (Wildman–Crippen LogP) is 8.20. The standard InChI is InChI=1S/C32H22N2/c1-34-31-17-15-28(20-30(31)29-16-10-22(21-33)18-32(29)34)27-9-5-8-26(19-27)25-13-11-24(12-14-25)23-6-3-2-4-7-23/h2-20H,1H3. The van der Waals surface area contributed by atoms with E-state index in [0.29, 0.717) is 5.56 Å². The quantitative estimate of drug-likeness (QED) is 0.276. The van der Waals surface area contributed by atoms with Crippen LogP contribution in [-0.4, -0.2) is 4.57 Å². The van der Waals surface area contributed by atoms with Gasteiger partial charge in [0.2, 0.25) is 0 Å². The summed E-state index contributed by atoms with van der Waals surface area (Å²) in [6.07, 6.45) is 0. The Labute approximate surface area is 199 Å². The molecule has 0 bridgehead atoms. The molecule has 0 saturated carbocycles. The maximum Gasteiger partial charge on any atom is 0.0992 e. The highest BCUT2D eigenvalue weighted by atomic mass is 14.9. The molecule has 0 saturated heterocycles. The molecule has 0 aliphatic heterocycles. The van der Waals surface area contributed by atoms with Crippen molar-refractivity contribution in [1.82, 2.24) is 4.57 Å². The summed E-state index contributed by atoms with van der Waals surface area (Å²) in [6, 6.07) is 42.8. The van der Waals surface area contributed by atoms with Crippen LogP contribution in [0, 0.1) is 11.3 Å². The van der Waals surface area contributed by atoms with E-state index in [1.807, 2.05) is 18.2 Å². The minimum atomic E-state index is 0.685. The number of hydrogen-bond acceptors (Lipinski definition) is 1. The van der Waals surface area contributed by atoms with Gasteiger partial charge in [-0.1, -0.05) is 84.9 Å². The van der Waals surface area contributed by atoms with Gasteiger partial charge in [0.25, 0.3) is 0 Å². The lowest BCUT2D eigenvalue weighted by Gasteiger charge is -2.08. The maximum atomic E-state index is 9.29. The number of fused-ring (bicyclic) bond motifs is 3. The largest absolute Gasteiger partial charge is 0.344 e. The summed E-state index contributed by atoms with van der Waals surface area (Å²) in [6.45, 7) is 0. The topological polar surface area (TPSA) is 28.7 Å². The summed E-state index contributed by atoms with van der Waals surface area (Å²) >= 11 is 0. The number of hydrogen-bond donors (Lipinski definition) is 0. The van der Waals surface area contributed by atoms with Gasteiger partial charge in [-0.05, 0) is 63.7 Å². The lowest BCUT2D eigenvalue weighted by molar-refractivity contribution is 1.01. The van der Waals surface area contributed by atoms with Crippen LogP contribution in [0.4, 0.5) is 0 Å². The van der Waals surface area contributed by atoms with Gasteiger partial charge >= 0.3 is 0 Å². The first-order chi connectivity index (χ1) is 16.7. The summed E-state index contributed by atoms with van der Waals surface area (Å²) in [5.74, 6) is 0. The zero-order chi connectivity index (χ0) is 23.1. The van der Waals surface area contributed by atoms with Gasteiger partial charge in [-0.15, -0.1) is 0 Å². The highest BCUT2D eigenvalue weighted by Gasteiger charge is 2.11. The van der Waals surface area contributed by atoms with Crippen LogP contribution in [0.1, 0.15) is 5.56 Å². The second kappa shape index (κ2) is 8.06. The first-order valence-corrected chi connectivity index (χ1v) is 11.4. The van der Waals surface area contributed by atoms with E-state index in [9.17, 15) is 5.26 Å². The Hall–Kier alpha value is -4.61. The zero-order valence-corrected chi connectivity index (χ0v) is 18.9. The molecule has 34 heavy (non-hydrogen) atoms. The number of aromatic nitrogens is 1. The number of rotatable bonds is 3. The van der Waals surface area contributed by atoms with Crippen LogP contribution < -0.4 is 0 Å². The van der Waals surface area contributed by atoms with Crippen molar-refractivity contribution in [3.63, 3.8) is 0 Å². The number of benzene rings is 5. The molecule has 2 nitrogen and oxygen atoms in total. The summed E-state index contributed by atoms with van der Waals surface area (Å²) in [7, 11) is 2.06. The van der Waals surface area contributed by atoms with Crippen molar-refractivity contribution in [2.45, 2.75) is 0 Å². The van der Waals surface area contributed by atoms with Crippen LogP contribution in [0.5, 0.6) is 0 Å². The van der Waals surface area contributed by atoms with E-state index in [4.69, 9.17) is 0 Å². The fourth-order valence-corrected chi connectivity index (χ4v) is 4.82. The van der Waals surface area contributed by atoms with E-state index >= 15 is 0 Å². The van der Waals surface area contributed by atoms with Gasteiger partial charge in [0.1, 0.15) is 0 Å². The third-order valence-electron chi connectivity index (χ3n) is 6.66. The molecular formula is C32H22N2. The number of aryl methyl sites for hydroxylation is 1. The van der Waals surface area contributed by atoms with Gasteiger partial charge in [-0.25, -0.2) is 0 Å². The van der Waals surface area contributed by atoms with Crippen LogP contribution in [0.15, 0.2) is 115 Å². The van der Waals surface area contributed by atoms with Crippen LogP contribution in [0.2, 0.25) is 0 Å². The number of nitrogens with zero attached hydrogens (tertiary/aromatic N) is 2. The van der Waals surface area contributed by atoms with Gasteiger partial charge < -0.3 is 4.57 Å². The Balaban J connectivity index is 1.40. The molecule has 0 N–H and O–H groups in total. The lowest BCUT2D eigenvalue weighted by atomic mass is 9.96. The molecular weight excluding hydrogens is 412 g/mol. The summed E-state index contributed by atoms with van der Waals surface area (Å²) in [4.78, 5) is 0. The van der Waals surface area contributed by atoms with Crippen LogP contribution in [-0.2, 0) is 7.05 Å². The molecule has 0 spiro atoms. The van der Waals surface area contributed by atoms with E-state index in [2.05, 4.69) is 115 Å². The Morgan fingerprint density at radius 2 is 1.09 bits per heavy atom. The molecule has 5 aromatic carbocycles. The molecule has 0 aliphatic rings.